The van der Waals surface area contributed by atoms with Crippen molar-refractivity contribution in [1.29, 1.82) is 0 Å². The number of fused-ring (bicyclic) bond motifs is 2. The molecule has 5 heterocycles. The molecule has 2 bridgehead atoms. The molecule has 0 aliphatic carbocycles. The zero-order chi connectivity index (χ0) is 13.6. The minimum atomic E-state index is 0.449. The van der Waals surface area contributed by atoms with Crippen LogP contribution < -0.4 is 9.64 Å². The fraction of sp³-hybridized carbons (Fsp3) is 0.688. The lowest BCUT2D eigenvalue weighted by Gasteiger charge is -2.52. The first kappa shape index (κ1) is 12.5. The summed E-state index contributed by atoms with van der Waals surface area (Å²) in [4.78, 5) is 9.56. The van der Waals surface area contributed by atoms with E-state index in [1.165, 1.54) is 51.0 Å². The maximum Gasteiger partial charge on any atom is 0.139 e. The summed E-state index contributed by atoms with van der Waals surface area (Å²) in [6.07, 6.45) is 9.30. The molecule has 0 saturated carbocycles. The van der Waals surface area contributed by atoms with Crippen LogP contribution in [0.4, 0.5) is 5.69 Å². The number of nitrogens with zero attached hydrogens (tertiary/aromatic N) is 3. The van der Waals surface area contributed by atoms with E-state index in [-0.39, 0.29) is 0 Å². The van der Waals surface area contributed by atoms with E-state index >= 15 is 0 Å². The third kappa shape index (κ3) is 1.89. The molecule has 1 unspecified atom stereocenters. The number of piperidine rings is 3. The number of ether oxygens (including phenoxy) is 1. The van der Waals surface area contributed by atoms with Gasteiger partial charge < -0.3 is 9.64 Å². The molecule has 4 saturated heterocycles. The topological polar surface area (TPSA) is 28.6 Å². The average molecular weight is 273 g/mol. The average Bonchev–Trinajstić information content (AvgIpc) is 2.92. The van der Waals surface area contributed by atoms with Gasteiger partial charge in [-0.1, -0.05) is 0 Å². The maximum atomic E-state index is 5.30. The van der Waals surface area contributed by atoms with Gasteiger partial charge in [0.25, 0.3) is 0 Å². The Balaban J connectivity index is 1.55. The van der Waals surface area contributed by atoms with Crippen molar-refractivity contribution in [3.63, 3.8) is 0 Å². The van der Waals surface area contributed by atoms with Gasteiger partial charge in [0.05, 0.1) is 25.2 Å². The van der Waals surface area contributed by atoms with Gasteiger partial charge in [-0.25, -0.2) is 0 Å². The Morgan fingerprint density at radius 1 is 1.25 bits per heavy atom. The molecule has 0 radical (unpaired) electrons. The van der Waals surface area contributed by atoms with Gasteiger partial charge in [-0.2, -0.15) is 0 Å². The highest BCUT2D eigenvalue weighted by molar-refractivity contribution is 5.50. The first-order chi connectivity index (χ1) is 9.79. The number of hydrogen-bond donors (Lipinski definition) is 0. The van der Waals surface area contributed by atoms with Crippen LogP contribution in [-0.2, 0) is 0 Å². The SMILES string of the molecule is COc1cncc(N2CCC3(CC4CCN3CC4)C2)c1. The molecule has 0 aromatic carbocycles. The summed E-state index contributed by atoms with van der Waals surface area (Å²) >= 11 is 0. The van der Waals surface area contributed by atoms with Gasteiger partial charge >= 0.3 is 0 Å². The highest BCUT2D eigenvalue weighted by Gasteiger charge is 2.49. The standard InChI is InChI=1S/C16H23N3O/c1-20-15-8-14(10-17-11-15)18-7-4-16(12-18)9-13-2-5-19(16)6-3-13/h8,10-11,13H,2-7,9,12H2,1H3. The fourth-order valence-electron chi connectivity index (χ4n) is 4.47. The molecule has 1 aromatic rings. The molecule has 0 N–H and O–H groups in total. The third-order valence-electron chi connectivity index (χ3n) is 5.59. The second-order valence-corrected chi connectivity index (χ2v) is 6.61. The first-order valence-corrected chi connectivity index (χ1v) is 7.78. The Morgan fingerprint density at radius 2 is 2.10 bits per heavy atom. The Hall–Kier alpha value is -1.29. The second-order valence-electron chi connectivity index (χ2n) is 6.61. The monoisotopic (exact) mass is 273 g/mol. The smallest absolute Gasteiger partial charge is 0.139 e. The summed E-state index contributed by atoms with van der Waals surface area (Å²) in [6.45, 7) is 4.94. The van der Waals surface area contributed by atoms with E-state index in [9.17, 15) is 0 Å². The van der Waals surface area contributed by atoms with Crippen molar-refractivity contribution >= 4 is 5.69 Å². The molecule has 4 nitrogen and oxygen atoms in total. The van der Waals surface area contributed by atoms with Crippen LogP contribution >= 0.6 is 0 Å². The van der Waals surface area contributed by atoms with Crippen LogP contribution in [0.5, 0.6) is 5.75 Å². The number of pyridine rings is 1. The predicted octanol–water partition coefficient (Wildman–Crippen LogP) is 2.15. The molecule has 4 heteroatoms. The lowest BCUT2D eigenvalue weighted by Crippen LogP contribution is -2.59. The summed E-state index contributed by atoms with van der Waals surface area (Å²) in [5.74, 6) is 1.83. The van der Waals surface area contributed by atoms with Crippen LogP contribution in [0.15, 0.2) is 18.5 Å². The summed E-state index contributed by atoms with van der Waals surface area (Å²) in [6, 6.07) is 2.11. The third-order valence-corrected chi connectivity index (χ3v) is 5.59. The van der Waals surface area contributed by atoms with Gasteiger partial charge in [-0.3, -0.25) is 9.88 Å². The quantitative estimate of drug-likeness (QED) is 0.825. The van der Waals surface area contributed by atoms with Gasteiger partial charge in [0.2, 0.25) is 0 Å². The molecule has 4 aliphatic rings. The lowest BCUT2D eigenvalue weighted by molar-refractivity contribution is -0.0157. The Labute approximate surface area is 120 Å². The van der Waals surface area contributed by atoms with Crippen molar-refractivity contribution in [2.75, 3.05) is 38.2 Å². The van der Waals surface area contributed by atoms with Crippen LogP contribution in [0.25, 0.3) is 0 Å². The molecule has 1 atom stereocenters. The van der Waals surface area contributed by atoms with Crippen molar-refractivity contribution in [2.45, 2.75) is 31.2 Å². The second kappa shape index (κ2) is 4.62. The van der Waals surface area contributed by atoms with Crippen molar-refractivity contribution in [1.82, 2.24) is 9.88 Å². The zero-order valence-electron chi connectivity index (χ0n) is 12.2. The molecular formula is C16H23N3O. The van der Waals surface area contributed by atoms with Gasteiger partial charge in [-0.05, 0) is 44.7 Å². The number of aromatic nitrogens is 1. The minimum Gasteiger partial charge on any atom is -0.495 e. The Kier molecular flexibility index (Phi) is 2.88. The predicted molar refractivity (Wildman–Crippen MR) is 79.3 cm³/mol. The highest BCUT2D eigenvalue weighted by Crippen LogP contribution is 2.45. The molecule has 1 spiro atoms. The molecule has 108 valence electrons. The van der Waals surface area contributed by atoms with E-state index in [2.05, 4.69) is 20.9 Å². The molecule has 1 aromatic heterocycles. The van der Waals surface area contributed by atoms with Crippen LogP contribution in [0.1, 0.15) is 25.7 Å². The van der Waals surface area contributed by atoms with Crippen LogP contribution in [0, 0.1) is 5.92 Å². The van der Waals surface area contributed by atoms with E-state index in [1.54, 1.807) is 13.3 Å². The summed E-state index contributed by atoms with van der Waals surface area (Å²) in [5, 5.41) is 0. The number of anilines is 1. The van der Waals surface area contributed by atoms with E-state index in [0.29, 0.717) is 5.54 Å². The van der Waals surface area contributed by atoms with Gasteiger partial charge in [-0.15, -0.1) is 0 Å². The zero-order valence-corrected chi connectivity index (χ0v) is 12.2. The maximum absolute atomic E-state index is 5.30. The normalized spacial score (nSPS) is 35.8. The number of hydrogen-bond acceptors (Lipinski definition) is 4. The Morgan fingerprint density at radius 3 is 2.80 bits per heavy atom. The van der Waals surface area contributed by atoms with Crippen molar-refractivity contribution < 1.29 is 4.74 Å². The molecule has 0 amide bonds. The van der Waals surface area contributed by atoms with Crippen LogP contribution in [0.3, 0.4) is 0 Å². The Bertz CT molecular complexity index is 498. The first-order valence-electron chi connectivity index (χ1n) is 7.78. The summed E-state index contributed by atoms with van der Waals surface area (Å²) < 4.78 is 5.30. The van der Waals surface area contributed by atoms with Gasteiger partial charge in [0.1, 0.15) is 5.75 Å². The van der Waals surface area contributed by atoms with E-state index in [0.717, 1.165) is 18.2 Å². The van der Waals surface area contributed by atoms with Crippen LogP contribution in [-0.4, -0.2) is 48.7 Å². The van der Waals surface area contributed by atoms with Crippen molar-refractivity contribution in [2.24, 2.45) is 5.92 Å². The largest absolute Gasteiger partial charge is 0.495 e. The molecule has 5 rings (SSSR count). The summed E-state index contributed by atoms with van der Waals surface area (Å²) in [7, 11) is 1.71. The highest BCUT2D eigenvalue weighted by atomic mass is 16.5. The van der Waals surface area contributed by atoms with Crippen molar-refractivity contribution in [3.05, 3.63) is 18.5 Å². The molecule has 20 heavy (non-hydrogen) atoms. The van der Waals surface area contributed by atoms with E-state index in [4.69, 9.17) is 4.74 Å². The van der Waals surface area contributed by atoms with Crippen molar-refractivity contribution in [3.8, 4) is 5.75 Å². The molecule has 4 aliphatic heterocycles. The number of methoxy groups -OCH3 is 1. The van der Waals surface area contributed by atoms with Crippen LogP contribution in [0.2, 0.25) is 0 Å². The van der Waals surface area contributed by atoms with E-state index in [1.807, 2.05) is 6.20 Å². The van der Waals surface area contributed by atoms with E-state index < -0.39 is 0 Å². The minimum absolute atomic E-state index is 0.449. The van der Waals surface area contributed by atoms with Gasteiger partial charge in [0, 0.05) is 24.7 Å². The molecule has 4 fully saturated rings. The number of rotatable bonds is 2. The molecular weight excluding hydrogens is 250 g/mol. The van der Waals surface area contributed by atoms with Gasteiger partial charge in [0.15, 0.2) is 0 Å². The summed E-state index contributed by atoms with van der Waals surface area (Å²) in [5.41, 5.74) is 1.66. The fourth-order valence-corrected chi connectivity index (χ4v) is 4.47. The lowest BCUT2D eigenvalue weighted by atomic mass is 9.74.